The van der Waals surface area contributed by atoms with Gasteiger partial charge in [-0.3, -0.25) is 0 Å². The molecule has 0 atom stereocenters. The number of rotatable bonds is 0. The quantitative estimate of drug-likeness (QED) is 0.530. The van der Waals surface area contributed by atoms with Gasteiger partial charge in [-0.2, -0.15) is 10.2 Å². The fraction of sp³-hybridized carbons (Fsp3) is 0.143. The van der Waals surface area contributed by atoms with Gasteiger partial charge < -0.3 is 4.74 Å². The highest BCUT2D eigenvalue weighted by Crippen LogP contribution is 2.12. The molecule has 0 aliphatic carbocycles. The van der Waals surface area contributed by atoms with Gasteiger partial charge in [0.15, 0.2) is 0 Å². The number of hydrogen-bond donors (Lipinski definition) is 0. The highest BCUT2D eigenvalue weighted by Gasteiger charge is 2.03. The number of aromatic nitrogens is 2. The van der Waals surface area contributed by atoms with E-state index in [1.54, 1.807) is 12.5 Å². The normalized spacial score (nSPS) is 14.0. The first-order chi connectivity index (χ1) is 4.97. The minimum atomic E-state index is 0.612. The van der Waals surface area contributed by atoms with Gasteiger partial charge in [0, 0.05) is 11.6 Å². The Hall–Kier alpha value is -1.38. The van der Waals surface area contributed by atoms with Crippen LogP contribution in [0.2, 0.25) is 0 Å². The lowest BCUT2D eigenvalue weighted by atomic mass is 10.2. The fourth-order valence-corrected chi connectivity index (χ4v) is 0.881. The highest BCUT2D eigenvalue weighted by molar-refractivity contribution is 5.48. The molecular formula is C7H6N2O. The topological polar surface area (TPSA) is 35.0 Å². The third kappa shape index (κ3) is 0.757. The van der Waals surface area contributed by atoms with E-state index in [0.29, 0.717) is 6.61 Å². The predicted molar refractivity (Wildman–Crippen MR) is 35.9 cm³/mol. The lowest BCUT2D eigenvalue weighted by Gasteiger charge is -2.07. The second-order valence-corrected chi connectivity index (χ2v) is 2.06. The van der Waals surface area contributed by atoms with E-state index in [4.69, 9.17) is 4.74 Å². The minimum Gasteiger partial charge on any atom is -0.496 e. The molecule has 3 nitrogen and oxygen atoms in total. The lowest BCUT2D eigenvalue weighted by molar-refractivity contribution is 0.233. The Morgan fingerprint density at radius 2 is 2.50 bits per heavy atom. The molecule has 1 aromatic heterocycles. The van der Waals surface area contributed by atoms with Gasteiger partial charge in [-0.1, -0.05) is 0 Å². The Bertz CT molecular complexity index is 270. The Kier molecular flexibility index (Phi) is 1.13. The smallest absolute Gasteiger partial charge is 0.115 e. The van der Waals surface area contributed by atoms with Gasteiger partial charge in [-0.15, -0.1) is 0 Å². The molecule has 0 fully saturated rings. The summed E-state index contributed by atoms with van der Waals surface area (Å²) in [6.07, 6.45) is 5.12. The van der Waals surface area contributed by atoms with E-state index in [1.807, 2.05) is 12.1 Å². The van der Waals surface area contributed by atoms with Gasteiger partial charge in [-0.25, -0.2) is 0 Å². The molecule has 1 aromatic rings. The van der Waals surface area contributed by atoms with E-state index >= 15 is 0 Å². The molecule has 0 unspecified atom stereocenters. The van der Waals surface area contributed by atoms with Crippen LogP contribution >= 0.6 is 0 Å². The zero-order chi connectivity index (χ0) is 6.81. The third-order valence-electron chi connectivity index (χ3n) is 1.40. The van der Waals surface area contributed by atoms with Crippen LogP contribution in [0, 0.1) is 0 Å². The zero-order valence-electron chi connectivity index (χ0n) is 5.32. The molecule has 1 aliphatic heterocycles. The molecule has 2 heterocycles. The summed E-state index contributed by atoms with van der Waals surface area (Å²) in [7, 11) is 0. The highest BCUT2D eigenvalue weighted by atomic mass is 16.5. The second-order valence-electron chi connectivity index (χ2n) is 2.06. The maximum absolute atomic E-state index is 5.05. The van der Waals surface area contributed by atoms with Crippen molar-refractivity contribution in [1.82, 2.24) is 10.2 Å². The second kappa shape index (κ2) is 2.10. The number of hydrogen-bond acceptors (Lipinski definition) is 3. The summed E-state index contributed by atoms with van der Waals surface area (Å²) in [5.41, 5.74) is 2.01. The number of fused-ring (bicyclic) bond motifs is 1. The maximum atomic E-state index is 5.05. The van der Waals surface area contributed by atoms with Crippen LogP contribution < -0.4 is 0 Å². The number of ether oxygens (including phenoxy) is 1. The third-order valence-corrected chi connectivity index (χ3v) is 1.40. The molecule has 0 bridgehead atoms. The molecule has 3 heteroatoms. The summed E-state index contributed by atoms with van der Waals surface area (Å²) >= 11 is 0. The maximum Gasteiger partial charge on any atom is 0.115 e. The summed E-state index contributed by atoms with van der Waals surface area (Å²) in [6, 6.07) is 1.91. The Labute approximate surface area is 58.4 Å². The lowest BCUT2D eigenvalue weighted by Crippen LogP contribution is -1.99. The molecule has 0 aromatic carbocycles. The van der Waals surface area contributed by atoms with Gasteiger partial charge in [0.25, 0.3) is 0 Å². The van der Waals surface area contributed by atoms with Crippen molar-refractivity contribution < 1.29 is 4.74 Å². The molecule has 0 N–H and O–H groups in total. The standard InChI is InChI=1S/C7H6N2O/c1-3-8-9-7-2-4-10-5-6(1)7/h1-4H,5H2. The summed E-state index contributed by atoms with van der Waals surface area (Å²) in [5, 5.41) is 7.64. The first kappa shape index (κ1) is 5.41. The molecule has 10 heavy (non-hydrogen) atoms. The largest absolute Gasteiger partial charge is 0.496 e. The van der Waals surface area contributed by atoms with Crippen molar-refractivity contribution in [2.24, 2.45) is 0 Å². The molecule has 2 rings (SSSR count). The molecule has 0 radical (unpaired) electrons. The van der Waals surface area contributed by atoms with Crippen LogP contribution in [0.5, 0.6) is 0 Å². The molecular weight excluding hydrogens is 128 g/mol. The van der Waals surface area contributed by atoms with Crippen molar-refractivity contribution in [3.63, 3.8) is 0 Å². The zero-order valence-corrected chi connectivity index (χ0v) is 5.32. The van der Waals surface area contributed by atoms with Crippen molar-refractivity contribution in [1.29, 1.82) is 0 Å². The van der Waals surface area contributed by atoms with Crippen LogP contribution in [0.15, 0.2) is 18.5 Å². The first-order valence-corrected chi connectivity index (χ1v) is 3.05. The van der Waals surface area contributed by atoms with E-state index in [-0.39, 0.29) is 0 Å². The van der Waals surface area contributed by atoms with E-state index in [0.717, 1.165) is 11.3 Å². The number of nitrogens with zero attached hydrogens (tertiary/aromatic N) is 2. The van der Waals surface area contributed by atoms with Gasteiger partial charge in [-0.05, 0) is 6.07 Å². The van der Waals surface area contributed by atoms with Crippen molar-refractivity contribution in [2.45, 2.75) is 6.61 Å². The van der Waals surface area contributed by atoms with Crippen LogP contribution in [-0.2, 0) is 11.3 Å². The van der Waals surface area contributed by atoms with Crippen LogP contribution in [0.25, 0.3) is 6.08 Å². The fourth-order valence-electron chi connectivity index (χ4n) is 0.881. The van der Waals surface area contributed by atoms with Gasteiger partial charge >= 0.3 is 0 Å². The average Bonchev–Trinajstić information content (AvgIpc) is 2.05. The van der Waals surface area contributed by atoms with Crippen LogP contribution in [0.1, 0.15) is 11.3 Å². The minimum absolute atomic E-state index is 0.612. The summed E-state index contributed by atoms with van der Waals surface area (Å²) in [6.45, 7) is 0.612. The SMILES string of the molecule is C1=Cc2nnccc2CO1. The Morgan fingerprint density at radius 3 is 3.40 bits per heavy atom. The van der Waals surface area contributed by atoms with Gasteiger partial charge in [0.1, 0.15) is 6.61 Å². The van der Waals surface area contributed by atoms with E-state index < -0.39 is 0 Å². The summed E-state index contributed by atoms with van der Waals surface area (Å²) in [5.74, 6) is 0. The Morgan fingerprint density at radius 1 is 1.50 bits per heavy atom. The first-order valence-electron chi connectivity index (χ1n) is 3.05. The van der Waals surface area contributed by atoms with Crippen molar-refractivity contribution in [2.75, 3.05) is 0 Å². The van der Waals surface area contributed by atoms with Crippen LogP contribution in [-0.4, -0.2) is 10.2 Å². The van der Waals surface area contributed by atoms with Crippen LogP contribution in [0.4, 0.5) is 0 Å². The van der Waals surface area contributed by atoms with E-state index in [2.05, 4.69) is 10.2 Å². The molecule has 50 valence electrons. The van der Waals surface area contributed by atoms with Gasteiger partial charge in [0.2, 0.25) is 0 Å². The molecule has 1 aliphatic rings. The van der Waals surface area contributed by atoms with Crippen molar-refractivity contribution in [3.05, 3.63) is 29.8 Å². The molecule has 0 spiro atoms. The molecule has 0 saturated carbocycles. The summed E-state index contributed by atoms with van der Waals surface area (Å²) in [4.78, 5) is 0. The molecule has 0 amide bonds. The summed E-state index contributed by atoms with van der Waals surface area (Å²) < 4.78 is 5.05. The van der Waals surface area contributed by atoms with Crippen molar-refractivity contribution >= 4 is 6.08 Å². The average molecular weight is 134 g/mol. The monoisotopic (exact) mass is 134 g/mol. The predicted octanol–water partition coefficient (Wildman–Crippen LogP) is 0.978. The van der Waals surface area contributed by atoms with Gasteiger partial charge in [0.05, 0.1) is 18.2 Å². The van der Waals surface area contributed by atoms with E-state index in [9.17, 15) is 0 Å². The molecule has 0 saturated heterocycles. The van der Waals surface area contributed by atoms with Crippen LogP contribution in [0.3, 0.4) is 0 Å². The Balaban J connectivity index is 2.54. The van der Waals surface area contributed by atoms with Crippen molar-refractivity contribution in [3.8, 4) is 0 Å². The van der Waals surface area contributed by atoms with E-state index in [1.165, 1.54) is 0 Å².